The number of hydrogen-bond acceptors (Lipinski definition) is 4. The van der Waals surface area contributed by atoms with Gasteiger partial charge in [-0.3, -0.25) is 15.1 Å². The molecule has 112 valence electrons. The summed E-state index contributed by atoms with van der Waals surface area (Å²) in [5.74, 6) is -0.928. The van der Waals surface area contributed by atoms with Crippen molar-refractivity contribution in [2.45, 2.75) is 6.04 Å². The molecule has 0 radical (unpaired) electrons. The maximum atomic E-state index is 11.6. The first kappa shape index (κ1) is 15.7. The molecule has 0 amide bonds. The van der Waals surface area contributed by atoms with Gasteiger partial charge in [0.05, 0.1) is 5.52 Å². The van der Waals surface area contributed by atoms with Crippen LogP contribution in [0.4, 0.5) is 0 Å². The summed E-state index contributed by atoms with van der Waals surface area (Å²) < 4.78 is 0. The highest BCUT2D eigenvalue weighted by Gasteiger charge is 2.22. The number of rotatable bonds is 6. The van der Waals surface area contributed by atoms with Crippen molar-refractivity contribution in [3.63, 3.8) is 0 Å². The Morgan fingerprint density at radius 1 is 1.43 bits per heavy atom. The number of aliphatic carboxylic acids is 1. The van der Waals surface area contributed by atoms with Crippen LogP contribution < -0.4 is 5.32 Å². The Balaban J connectivity index is 2.37. The van der Waals surface area contributed by atoms with E-state index in [1.54, 1.807) is 24.4 Å². The van der Waals surface area contributed by atoms with Crippen LogP contribution >= 0.6 is 11.6 Å². The summed E-state index contributed by atoms with van der Waals surface area (Å²) in [6.07, 6.45) is 1.64. The molecule has 0 fully saturated rings. The summed E-state index contributed by atoms with van der Waals surface area (Å²) in [7, 11) is 3.88. The van der Waals surface area contributed by atoms with Gasteiger partial charge < -0.3 is 10.0 Å². The summed E-state index contributed by atoms with van der Waals surface area (Å²) >= 11 is 6.14. The van der Waals surface area contributed by atoms with Gasteiger partial charge in [0.2, 0.25) is 0 Å². The second-order valence-electron chi connectivity index (χ2n) is 5.06. The van der Waals surface area contributed by atoms with Crippen LogP contribution in [0.3, 0.4) is 0 Å². The maximum Gasteiger partial charge on any atom is 0.325 e. The molecule has 0 bridgehead atoms. The number of benzene rings is 1. The third kappa shape index (κ3) is 3.69. The second-order valence-corrected chi connectivity index (χ2v) is 5.47. The van der Waals surface area contributed by atoms with Gasteiger partial charge in [-0.15, -0.1) is 0 Å². The number of hydrogen-bond donors (Lipinski definition) is 2. The van der Waals surface area contributed by atoms with Gasteiger partial charge in [0.25, 0.3) is 0 Å². The molecule has 0 saturated carbocycles. The van der Waals surface area contributed by atoms with Gasteiger partial charge >= 0.3 is 5.97 Å². The lowest BCUT2D eigenvalue weighted by molar-refractivity contribution is -0.139. The number of fused-ring (bicyclic) bond motifs is 1. The number of likely N-dealkylation sites (N-methyl/N-ethyl adjacent to an activating group) is 1. The van der Waals surface area contributed by atoms with Crippen molar-refractivity contribution in [1.29, 1.82) is 0 Å². The van der Waals surface area contributed by atoms with E-state index in [4.69, 9.17) is 11.6 Å². The predicted molar refractivity (Wildman–Crippen MR) is 83.7 cm³/mol. The fraction of sp³-hybridized carbons (Fsp3) is 0.333. The van der Waals surface area contributed by atoms with Crippen molar-refractivity contribution in [2.75, 3.05) is 27.2 Å². The molecular formula is C15H18ClN3O2. The standard InChI is InChI=1S/C15H18ClN3O2/c1-19(2)9-8-18-14(15(20)21)11-5-6-12(16)10-4-3-7-17-13(10)11/h3-7,14,18H,8-9H2,1-2H3,(H,20,21). The van der Waals surface area contributed by atoms with Gasteiger partial charge in [0, 0.05) is 35.3 Å². The molecule has 1 aromatic carbocycles. The lowest BCUT2D eigenvalue weighted by Crippen LogP contribution is -2.34. The Hall–Kier alpha value is -1.69. The molecule has 1 atom stereocenters. The van der Waals surface area contributed by atoms with Crippen molar-refractivity contribution in [2.24, 2.45) is 0 Å². The Labute approximate surface area is 128 Å². The monoisotopic (exact) mass is 307 g/mol. The zero-order valence-corrected chi connectivity index (χ0v) is 12.8. The number of carboxylic acids is 1. The second kappa shape index (κ2) is 6.85. The Morgan fingerprint density at radius 2 is 2.19 bits per heavy atom. The van der Waals surface area contributed by atoms with Crippen LogP contribution in [-0.2, 0) is 4.79 Å². The van der Waals surface area contributed by atoms with Crippen molar-refractivity contribution < 1.29 is 9.90 Å². The summed E-state index contributed by atoms with van der Waals surface area (Å²) in [6.45, 7) is 1.32. The number of aromatic nitrogens is 1. The summed E-state index contributed by atoms with van der Waals surface area (Å²) in [5.41, 5.74) is 1.25. The number of carbonyl (C=O) groups is 1. The van der Waals surface area contributed by atoms with Crippen molar-refractivity contribution >= 4 is 28.5 Å². The average molecular weight is 308 g/mol. The Kier molecular flexibility index (Phi) is 5.12. The maximum absolute atomic E-state index is 11.6. The highest BCUT2D eigenvalue weighted by atomic mass is 35.5. The lowest BCUT2D eigenvalue weighted by Gasteiger charge is -2.18. The highest BCUT2D eigenvalue weighted by Crippen LogP contribution is 2.28. The quantitative estimate of drug-likeness (QED) is 0.856. The molecule has 2 rings (SSSR count). The van der Waals surface area contributed by atoms with E-state index in [0.717, 1.165) is 11.9 Å². The van der Waals surface area contributed by atoms with Crippen molar-refractivity contribution in [3.05, 3.63) is 41.0 Å². The first-order chi connectivity index (χ1) is 10.0. The molecule has 5 nitrogen and oxygen atoms in total. The largest absolute Gasteiger partial charge is 0.480 e. The van der Waals surface area contributed by atoms with E-state index in [2.05, 4.69) is 10.3 Å². The molecule has 2 aromatic rings. The fourth-order valence-electron chi connectivity index (χ4n) is 2.16. The van der Waals surface area contributed by atoms with Gasteiger partial charge in [0.15, 0.2) is 0 Å². The van der Waals surface area contributed by atoms with Gasteiger partial charge in [-0.1, -0.05) is 17.7 Å². The van der Waals surface area contributed by atoms with E-state index in [0.29, 0.717) is 22.6 Å². The van der Waals surface area contributed by atoms with E-state index in [-0.39, 0.29) is 0 Å². The number of pyridine rings is 1. The highest BCUT2D eigenvalue weighted by molar-refractivity contribution is 6.35. The molecular weight excluding hydrogens is 290 g/mol. The zero-order chi connectivity index (χ0) is 15.4. The summed E-state index contributed by atoms with van der Waals surface area (Å²) in [5, 5.41) is 13.9. The number of carboxylic acid groups (broad SMARTS) is 1. The summed E-state index contributed by atoms with van der Waals surface area (Å²) in [4.78, 5) is 17.8. The molecule has 0 aliphatic heterocycles. The molecule has 6 heteroatoms. The normalized spacial score (nSPS) is 12.8. The van der Waals surface area contributed by atoms with Crippen LogP contribution in [0.15, 0.2) is 30.5 Å². The predicted octanol–water partition coefficient (Wildman–Crippen LogP) is 2.17. The van der Waals surface area contributed by atoms with Gasteiger partial charge in [0.1, 0.15) is 6.04 Å². The van der Waals surface area contributed by atoms with Gasteiger partial charge in [-0.25, -0.2) is 0 Å². The molecule has 0 aliphatic carbocycles. The van der Waals surface area contributed by atoms with Gasteiger partial charge in [-0.05, 0) is 32.3 Å². The fourth-order valence-corrected chi connectivity index (χ4v) is 2.37. The molecule has 1 aromatic heterocycles. The van der Waals surface area contributed by atoms with E-state index in [9.17, 15) is 9.90 Å². The molecule has 21 heavy (non-hydrogen) atoms. The van der Waals surface area contributed by atoms with Crippen LogP contribution in [0.2, 0.25) is 5.02 Å². The Morgan fingerprint density at radius 3 is 2.86 bits per heavy atom. The number of nitrogens with one attached hydrogen (secondary N) is 1. The van der Waals surface area contributed by atoms with Gasteiger partial charge in [-0.2, -0.15) is 0 Å². The average Bonchev–Trinajstić information content (AvgIpc) is 2.45. The molecule has 1 heterocycles. The van der Waals surface area contributed by atoms with E-state index in [1.807, 2.05) is 25.1 Å². The van der Waals surface area contributed by atoms with Crippen molar-refractivity contribution in [1.82, 2.24) is 15.2 Å². The first-order valence-corrected chi connectivity index (χ1v) is 7.02. The van der Waals surface area contributed by atoms with Crippen molar-refractivity contribution in [3.8, 4) is 0 Å². The van der Waals surface area contributed by atoms with Crippen LogP contribution in [0.5, 0.6) is 0 Å². The van der Waals surface area contributed by atoms with E-state index in [1.165, 1.54) is 0 Å². The van der Waals surface area contributed by atoms with Crippen LogP contribution in [0.25, 0.3) is 10.9 Å². The molecule has 2 N–H and O–H groups in total. The van der Waals surface area contributed by atoms with E-state index >= 15 is 0 Å². The van der Waals surface area contributed by atoms with E-state index < -0.39 is 12.0 Å². The zero-order valence-electron chi connectivity index (χ0n) is 12.0. The third-order valence-corrected chi connectivity index (χ3v) is 3.54. The minimum absolute atomic E-state index is 0.569. The minimum atomic E-state index is -0.928. The SMILES string of the molecule is CN(C)CCNC(C(=O)O)c1ccc(Cl)c2cccnc12. The molecule has 0 spiro atoms. The minimum Gasteiger partial charge on any atom is -0.480 e. The van der Waals surface area contributed by atoms with Crippen LogP contribution in [0, 0.1) is 0 Å². The molecule has 0 aliphatic rings. The molecule has 0 saturated heterocycles. The number of halogens is 1. The number of nitrogens with zero attached hydrogens (tertiary/aromatic N) is 2. The Bertz CT molecular complexity index is 646. The smallest absolute Gasteiger partial charge is 0.325 e. The molecule has 1 unspecified atom stereocenters. The topological polar surface area (TPSA) is 65.5 Å². The van der Waals surface area contributed by atoms with Crippen LogP contribution in [0.1, 0.15) is 11.6 Å². The summed E-state index contributed by atoms with van der Waals surface area (Å²) in [6, 6.07) is 6.25. The van der Waals surface area contributed by atoms with Crippen LogP contribution in [-0.4, -0.2) is 48.1 Å². The first-order valence-electron chi connectivity index (χ1n) is 6.64. The third-order valence-electron chi connectivity index (χ3n) is 3.21. The lowest BCUT2D eigenvalue weighted by atomic mass is 10.0.